The third kappa shape index (κ3) is 4.64. The molecule has 7 nitrogen and oxygen atoms in total. The zero-order chi connectivity index (χ0) is 17.6. The number of rotatable bonds is 7. The molecule has 25 heavy (non-hydrogen) atoms. The molecule has 0 spiro atoms. The van der Waals surface area contributed by atoms with Crippen molar-refractivity contribution in [3.05, 3.63) is 40.7 Å². The Morgan fingerprint density at radius 2 is 2.36 bits per heavy atom. The number of halogens is 1. The van der Waals surface area contributed by atoms with Crippen LogP contribution in [0.3, 0.4) is 0 Å². The highest BCUT2D eigenvalue weighted by molar-refractivity contribution is 6.32. The van der Waals surface area contributed by atoms with Gasteiger partial charge in [-0.2, -0.15) is 5.10 Å². The highest BCUT2D eigenvalue weighted by Crippen LogP contribution is 2.29. The number of aromatic amines is 1. The van der Waals surface area contributed by atoms with E-state index in [9.17, 15) is 4.79 Å². The summed E-state index contributed by atoms with van der Waals surface area (Å²) in [7, 11) is 1.57. The topological polar surface area (TPSA) is 85.5 Å². The first-order chi connectivity index (χ1) is 12.2. The van der Waals surface area contributed by atoms with Crippen LogP contribution in [-0.2, 0) is 11.3 Å². The molecule has 1 amide bonds. The number of methoxy groups -OCH3 is 1. The number of nitrogens with zero attached hydrogens (tertiary/aromatic N) is 1. The predicted molar refractivity (Wildman–Crippen MR) is 92.2 cm³/mol. The van der Waals surface area contributed by atoms with Gasteiger partial charge in [-0.25, -0.2) is 0 Å². The second-order valence-electron chi connectivity index (χ2n) is 5.80. The predicted octanol–water partition coefficient (Wildman–Crippen LogP) is 2.42. The Balaban J connectivity index is 1.51. The molecule has 1 aromatic heterocycles. The summed E-state index contributed by atoms with van der Waals surface area (Å²) >= 11 is 6.13. The van der Waals surface area contributed by atoms with E-state index in [4.69, 9.17) is 25.8 Å². The summed E-state index contributed by atoms with van der Waals surface area (Å²) in [4.78, 5) is 12.1. The Bertz CT molecular complexity index is 728. The Morgan fingerprint density at radius 3 is 3.08 bits per heavy atom. The van der Waals surface area contributed by atoms with E-state index < -0.39 is 0 Å². The van der Waals surface area contributed by atoms with Gasteiger partial charge < -0.3 is 19.5 Å². The van der Waals surface area contributed by atoms with Crippen LogP contribution < -0.4 is 14.8 Å². The van der Waals surface area contributed by atoms with Crippen LogP contribution in [0.1, 0.15) is 22.6 Å². The van der Waals surface area contributed by atoms with Crippen LogP contribution in [0.4, 0.5) is 0 Å². The van der Waals surface area contributed by atoms with Gasteiger partial charge in [-0.15, -0.1) is 0 Å². The fraction of sp³-hybridized carbons (Fsp3) is 0.412. The first-order valence-electron chi connectivity index (χ1n) is 8.02. The molecule has 8 heteroatoms. The molecule has 1 aliphatic rings. The maximum atomic E-state index is 12.1. The SMILES string of the molecule is COc1ccc(OCc2cc(C(=O)NCC3CCOC3)n[nH]2)c(Cl)c1. The van der Waals surface area contributed by atoms with Crippen LogP contribution in [0.2, 0.25) is 5.02 Å². The number of nitrogens with one attached hydrogen (secondary N) is 2. The second kappa shape index (κ2) is 8.22. The lowest BCUT2D eigenvalue weighted by molar-refractivity contribution is 0.0940. The van der Waals surface area contributed by atoms with Crippen molar-refractivity contribution < 1.29 is 19.0 Å². The highest BCUT2D eigenvalue weighted by atomic mass is 35.5. The molecule has 0 bridgehead atoms. The average molecular weight is 366 g/mol. The molecule has 1 unspecified atom stereocenters. The van der Waals surface area contributed by atoms with Crippen molar-refractivity contribution in [2.45, 2.75) is 13.0 Å². The fourth-order valence-electron chi connectivity index (χ4n) is 2.50. The molecule has 1 fully saturated rings. The van der Waals surface area contributed by atoms with Crippen molar-refractivity contribution in [3.8, 4) is 11.5 Å². The van der Waals surface area contributed by atoms with Crippen molar-refractivity contribution in [1.29, 1.82) is 0 Å². The zero-order valence-corrected chi connectivity index (χ0v) is 14.6. The molecule has 2 heterocycles. The summed E-state index contributed by atoms with van der Waals surface area (Å²) < 4.78 is 16.0. The lowest BCUT2D eigenvalue weighted by atomic mass is 10.1. The molecule has 0 aliphatic carbocycles. The molecule has 2 N–H and O–H groups in total. The van der Waals surface area contributed by atoms with E-state index in [-0.39, 0.29) is 12.5 Å². The van der Waals surface area contributed by atoms with E-state index in [1.54, 1.807) is 31.4 Å². The van der Waals surface area contributed by atoms with Gasteiger partial charge in [0, 0.05) is 25.1 Å². The van der Waals surface area contributed by atoms with Gasteiger partial charge >= 0.3 is 0 Å². The van der Waals surface area contributed by atoms with E-state index in [1.807, 2.05) is 0 Å². The van der Waals surface area contributed by atoms with Crippen molar-refractivity contribution in [1.82, 2.24) is 15.5 Å². The number of H-pyrrole nitrogens is 1. The molecule has 134 valence electrons. The Hall–Kier alpha value is -2.25. The molecule has 1 saturated heterocycles. The summed E-state index contributed by atoms with van der Waals surface area (Å²) in [6.45, 7) is 2.28. The van der Waals surface area contributed by atoms with Crippen LogP contribution in [0, 0.1) is 5.92 Å². The smallest absolute Gasteiger partial charge is 0.271 e. The molecule has 0 radical (unpaired) electrons. The summed E-state index contributed by atoms with van der Waals surface area (Å²) in [5.41, 5.74) is 1.01. The average Bonchev–Trinajstić information content (AvgIpc) is 3.30. The van der Waals surface area contributed by atoms with Gasteiger partial charge in [0.15, 0.2) is 0 Å². The Labute approximate surface area is 150 Å². The number of hydrogen-bond acceptors (Lipinski definition) is 5. The lowest BCUT2D eigenvalue weighted by Gasteiger charge is -2.08. The molecule has 3 rings (SSSR count). The lowest BCUT2D eigenvalue weighted by Crippen LogP contribution is -2.29. The molecule has 0 saturated carbocycles. The van der Waals surface area contributed by atoms with Gasteiger partial charge in [-0.05, 0) is 24.6 Å². The normalized spacial score (nSPS) is 16.6. The van der Waals surface area contributed by atoms with Gasteiger partial charge in [0.25, 0.3) is 5.91 Å². The summed E-state index contributed by atoms with van der Waals surface area (Å²) in [5.74, 6) is 1.36. The van der Waals surface area contributed by atoms with Crippen molar-refractivity contribution in [3.63, 3.8) is 0 Å². The minimum atomic E-state index is -0.211. The molecule has 1 aromatic carbocycles. The van der Waals surface area contributed by atoms with E-state index >= 15 is 0 Å². The minimum Gasteiger partial charge on any atom is -0.497 e. The van der Waals surface area contributed by atoms with E-state index in [0.717, 1.165) is 13.0 Å². The Morgan fingerprint density at radius 1 is 1.48 bits per heavy atom. The fourth-order valence-corrected chi connectivity index (χ4v) is 2.73. The van der Waals surface area contributed by atoms with Crippen molar-refractivity contribution in [2.24, 2.45) is 5.92 Å². The number of carbonyl (C=O) groups is 1. The van der Waals surface area contributed by atoms with E-state index in [0.29, 0.717) is 47.0 Å². The van der Waals surface area contributed by atoms with Crippen LogP contribution in [0.25, 0.3) is 0 Å². The summed E-state index contributed by atoms with van der Waals surface area (Å²) in [6, 6.07) is 6.84. The largest absolute Gasteiger partial charge is 0.497 e. The maximum Gasteiger partial charge on any atom is 0.271 e. The van der Waals surface area contributed by atoms with E-state index in [1.165, 1.54) is 0 Å². The molecular formula is C17H20ClN3O4. The standard InChI is InChI=1S/C17H20ClN3O4/c1-23-13-2-3-16(14(18)7-13)25-10-12-6-15(21-20-12)17(22)19-8-11-4-5-24-9-11/h2-3,6-7,11H,4-5,8-10H2,1H3,(H,19,22)(H,20,21). The van der Waals surface area contributed by atoms with Crippen molar-refractivity contribution in [2.75, 3.05) is 26.9 Å². The van der Waals surface area contributed by atoms with Crippen LogP contribution in [-0.4, -0.2) is 43.0 Å². The first kappa shape index (κ1) is 17.6. The van der Waals surface area contributed by atoms with Crippen LogP contribution in [0.15, 0.2) is 24.3 Å². The molecular weight excluding hydrogens is 346 g/mol. The Kier molecular flexibility index (Phi) is 5.78. The van der Waals surface area contributed by atoms with Gasteiger partial charge in [-0.1, -0.05) is 11.6 Å². The number of aromatic nitrogens is 2. The van der Waals surface area contributed by atoms with Crippen LogP contribution in [0.5, 0.6) is 11.5 Å². The summed E-state index contributed by atoms with van der Waals surface area (Å²) in [5, 5.41) is 10.1. The maximum absolute atomic E-state index is 12.1. The van der Waals surface area contributed by atoms with Gasteiger partial charge in [0.05, 0.1) is 24.4 Å². The number of hydrogen-bond donors (Lipinski definition) is 2. The highest BCUT2D eigenvalue weighted by Gasteiger charge is 2.18. The number of amides is 1. The van der Waals surface area contributed by atoms with Gasteiger partial charge in [-0.3, -0.25) is 9.89 Å². The monoisotopic (exact) mass is 365 g/mol. The van der Waals surface area contributed by atoms with Gasteiger partial charge in [0.2, 0.25) is 0 Å². The quantitative estimate of drug-likeness (QED) is 0.787. The third-order valence-corrected chi connectivity index (χ3v) is 4.26. The van der Waals surface area contributed by atoms with Crippen LogP contribution >= 0.6 is 11.6 Å². The number of ether oxygens (including phenoxy) is 3. The van der Waals surface area contributed by atoms with Crippen molar-refractivity contribution >= 4 is 17.5 Å². The number of benzene rings is 1. The first-order valence-corrected chi connectivity index (χ1v) is 8.40. The minimum absolute atomic E-state index is 0.211. The molecule has 1 aliphatic heterocycles. The molecule has 1 atom stereocenters. The third-order valence-electron chi connectivity index (χ3n) is 3.96. The van der Waals surface area contributed by atoms with Gasteiger partial charge in [0.1, 0.15) is 23.8 Å². The zero-order valence-electron chi connectivity index (χ0n) is 13.9. The van der Waals surface area contributed by atoms with E-state index in [2.05, 4.69) is 15.5 Å². The second-order valence-corrected chi connectivity index (χ2v) is 6.21. The molecule has 2 aromatic rings. The number of carbonyl (C=O) groups excluding carboxylic acids is 1. The summed E-state index contributed by atoms with van der Waals surface area (Å²) in [6.07, 6.45) is 0.975.